The monoisotopic (exact) mass is 238 g/mol. The van der Waals surface area contributed by atoms with E-state index in [2.05, 4.69) is 6.92 Å². The number of rotatable bonds is 4. The highest BCUT2D eigenvalue weighted by Gasteiger charge is 2.33. The highest BCUT2D eigenvalue weighted by atomic mass is 19.1. The van der Waals surface area contributed by atoms with Gasteiger partial charge in [-0.3, -0.25) is 10.1 Å². The maximum atomic E-state index is 13.2. The van der Waals surface area contributed by atoms with E-state index < -0.39 is 10.7 Å². The first-order chi connectivity index (χ1) is 7.97. The Bertz CT molecular complexity index is 450. The normalized spacial score (nSPS) is 22.3. The SMILES string of the molecule is CC1CC1CN(C)c1cc(F)cc([N+](=O)[O-])c1. The molecule has 2 unspecified atom stereocenters. The van der Waals surface area contributed by atoms with Crippen molar-refractivity contribution in [3.63, 3.8) is 0 Å². The Labute approximate surface area is 99.2 Å². The van der Waals surface area contributed by atoms with Gasteiger partial charge >= 0.3 is 0 Å². The van der Waals surface area contributed by atoms with Crippen LogP contribution in [0.3, 0.4) is 0 Å². The molecule has 2 rings (SSSR count). The van der Waals surface area contributed by atoms with E-state index in [0.29, 0.717) is 17.5 Å². The van der Waals surface area contributed by atoms with Crippen molar-refractivity contribution in [1.29, 1.82) is 0 Å². The van der Waals surface area contributed by atoms with Gasteiger partial charge in [0.05, 0.1) is 11.0 Å². The van der Waals surface area contributed by atoms with Gasteiger partial charge in [0.15, 0.2) is 0 Å². The summed E-state index contributed by atoms with van der Waals surface area (Å²) in [5.74, 6) is 0.771. The lowest BCUT2D eigenvalue weighted by Gasteiger charge is -2.19. The molecule has 0 amide bonds. The minimum absolute atomic E-state index is 0.198. The molecule has 0 bridgehead atoms. The lowest BCUT2D eigenvalue weighted by Crippen LogP contribution is -2.20. The molecule has 17 heavy (non-hydrogen) atoms. The molecule has 4 nitrogen and oxygen atoms in total. The molecule has 0 aliphatic heterocycles. The Hall–Kier alpha value is -1.65. The molecule has 92 valence electrons. The van der Waals surface area contributed by atoms with E-state index in [9.17, 15) is 14.5 Å². The molecule has 1 saturated carbocycles. The quantitative estimate of drug-likeness (QED) is 0.598. The lowest BCUT2D eigenvalue weighted by molar-refractivity contribution is -0.385. The fourth-order valence-electron chi connectivity index (χ4n) is 2.00. The summed E-state index contributed by atoms with van der Waals surface area (Å²) in [5.41, 5.74) is 0.367. The molecule has 5 heteroatoms. The first-order valence-electron chi connectivity index (χ1n) is 5.63. The van der Waals surface area contributed by atoms with Crippen LogP contribution in [0, 0.1) is 27.8 Å². The number of nitro groups is 1. The predicted molar refractivity (Wildman–Crippen MR) is 63.6 cm³/mol. The Balaban J connectivity index is 2.16. The van der Waals surface area contributed by atoms with Crippen molar-refractivity contribution in [2.45, 2.75) is 13.3 Å². The number of nitro benzene ring substituents is 1. The van der Waals surface area contributed by atoms with Crippen LogP contribution in [0.25, 0.3) is 0 Å². The van der Waals surface area contributed by atoms with Crippen molar-refractivity contribution in [3.8, 4) is 0 Å². The fourth-order valence-corrected chi connectivity index (χ4v) is 2.00. The van der Waals surface area contributed by atoms with E-state index in [1.807, 2.05) is 11.9 Å². The molecule has 1 aliphatic carbocycles. The number of halogens is 1. The van der Waals surface area contributed by atoms with Gasteiger partial charge in [-0.2, -0.15) is 0 Å². The zero-order valence-corrected chi connectivity index (χ0v) is 9.89. The number of benzene rings is 1. The van der Waals surface area contributed by atoms with Crippen LogP contribution in [0.1, 0.15) is 13.3 Å². The summed E-state index contributed by atoms with van der Waals surface area (Å²) in [5, 5.41) is 10.6. The third-order valence-electron chi connectivity index (χ3n) is 3.30. The summed E-state index contributed by atoms with van der Waals surface area (Å²) >= 11 is 0. The van der Waals surface area contributed by atoms with Gasteiger partial charge in [0.25, 0.3) is 5.69 Å². The van der Waals surface area contributed by atoms with E-state index >= 15 is 0 Å². The molecule has 0 aromatic heterocycles. The van der Waals surface area contributed by atoms with E-state index in [-0.39, 0.29) is 5.69 Å². The summed E-state index contributed by atoms with van der Waals surface area (Å²) in [6, 6.07) is 3.69. The average molecular weight is 238 g/mol. The van der Waals surface area contributed by atoms with E-state index in [4.69, 9.17) is 0 Å². The van der Waals surface area contributed by atoms with Crippen LogP contribution in [0.5, 0.6) is 0 Å². The van der Waals surface area contributed by atoms with E-state index in [0.717, 1.165) is 12.6 Å². The second-order valence-corrected chi connectivity index (χ2v) is 4.78. The largest absolute Gasteiger partial charge is 0.374 e. The van der Waals surface area contributed by atoms with Crippen LogP contribution >= 0.6 is 0 Å². The Morgan fingerprint density at radius 3 is 2.71 bits per heavy atom. The molecule has 0 saturated heterocycles. The van der Waals surface area contributed by atoms with Crippen molar-refractivity contribution >= 4 is 11.4 Å². The maximum absolute atomic E-state index is 13.2. The van der Waals surface area contributed by atoms with Gasteiger partial charge in [-0.25, -0.2) is 4.39 Å². The highest BCUT2D eigenvalue weighted by molar-refractivity contribution is 5.53. The average Bonchev–Trinajstić information content (AvgIpc) is 2.93. The van der Waals surface area contributed by atoms with Gasteiger partial charge in [-0.05, 0) is 24.3 Å². The van der Waals surface area contributed by atoms with Crippen LogP contribution < -0.4 is 4.90 Å². The van der Waals surface area contributed by atoms with Crippen molar-refractivity contribution in [3.05, 3.63) is 34.1 Å². The summed E-state index contributed by atoms with van der Waals surface area (Å²) in [7, 11) is 1.84. The van der Waals surface area contributed by atoms with E-state index in [1.54, 1.807) is 0 Å². The molecule has 0 heterocycles. The number of non-ortho nitro benzene ring substituents is 1. The number of hydrogen-bond acceptors (Lipinski definition) is 3. The minimum Gasteiger partial charge on any atom is -0.374 e. The zero-order valence-electron chi connectivity index (χ0n) is 9.89. The van der Waals surface area contributed by atoms with Crippen molar-refractivity contribution < 1.29 is 9.31 Å². The summed E-state index contributed by atoms with van der Waals surface area (Å²) in [4.78, 5) is 11.9. The lowest BCUT2D eigenvalue weighted by atomic mass is 10.2. The first kappa shape index (κ1) is 11.8. The first-order valence-corrected chi connectivity index (χ1v) is 5.63. The van der Waals surface area contributed by atoms with Crippen molar-refractivity contribution in [1.82, 2.24) is 0 Å². The number of hydrogen-bond donors (Lipinski definition) is 0. The minimum atomic E-state index is -0.569. The second-order valence-electron chi connectivity index (χ2n) is 4.78. The Morgan fingerprint density at radius 2 is 2.18 bits per heavy atom. The second kappa shape index (κ2) is 4.31. The Kier molecular flexibility index (Phi) is 3.00. The summed E-state index contributed by atoms with van der Waals surface area (Å²) in [6.45, 7) is 2.99. The molecule has 1 aromatic rings. The summed E-state index contributed by atoms with van der Waals surface area (Å²) in [6.07, 6.45) is 1.18. The predicted octanol–water partition coefficient (Wildman–Crippen LogP) is 2.83. The van der Waals surface area contributed by atoms with Gasteiger partial charge in [0, 0.05) is 25.3 Å². The maximum Gasteiger partial charge on any atom is 0.274 e. The van der Waals surface area contributed by atoms with Gasteiger partial charge in [-0.15, -0.1) is 0 Å². The van der Waals surface area contributed by atoms with Crippen LogP contribution in [0.4, 0.5) is 15.8 Å². The van der Waals surface area contributed by atoms with Crippen LogP contribution in [-0.4, -0.2) is 18.5 Å². The van der Waals surface area contributed by atoms with Gasteiger partial charge < -0.3 is 4.90 Å². The van der Waals surface area contributed by atoms with Crippen molar-refractivity contribution in [2.24, 2.45) is 11.8 Å². The molecule has 0 N–H and O–H groups in total. The molecule has 2 atom stereocenters. The zero-order chi connectivity index (χ0) is 12.6. The van der Waals surface area contributed by atoms with Crippen LogP contribution in [-0.2, 0) is 0 Å². The highest BCUT2D eigenvalue weighted by Crippen LogP contribution is 2.39. The van der Waals surface area contributed by atoms with Gasteiger partial charge in [0.1, 0.15) is 5.82 Å². The third-order valence-corrected chi connectivity index (χ3v) is 3.30. The molecule has 0 spiro atoms. The topological polar surface area (TPSA) is 46.4 Å². The standard InChI is InChI=1S/C12H15FN2O2/c1-8-3-9(8)7-14(2)11-4-10(13)5-12(6-11)15(16)17/h4-6,8-9H,3,7H2,1-2H3. The van der Waals surface area contributed by atoms with Crippen LogP contribution in [0.15, 0.2) is 18.2 Å². The summed E-state index contributed by atoms with van der Waals surface area (Å²) < 4.78 is 13.2. The molecular formula is C12H15FN2O2. The number of anilines is 1. The molecule has 0 radical (unpaired) electrons. The molecule has 1 aromatic carbocycles. The fraction of sp³-hybridized carbons (Fsp3) is 0.500. The molecule has 1 aliphatic rings. The number of nitrogens with zero attached hydrogens (tertiary/aromatic N) is 2. The van der Waals surface area contributed by atoms with Gasteiger partial charge in [-0.1, -0.05) is 6.92 Å². The van der Waals surface area contributed by atoms with Crippen LogP contribution in [0.2, 0.25) is 0 Å². The third kappa shape index (κ3) is 2.72. The molecule has 1 fully saturated rings. The van der Waals surface area contributed by atoms with Crippen molar-refractivity contribution in [2.75, 3.05) is 18.5 Å². The van der Waals surface area contributed by atoms with E-state index in [1.165, 1.54) is 18.6 Å². The van der Waals surface area contributed by atoms with Gasteiger partial charge in [0.2, 0.25) is 0 Å². The smallest absolute Gasteiger partial charge is 0.274 e. The molecular weight excluding hydrogens is 223 g/mol. The Morgan fingerprint density at radius 1 is 1.53 bits per heavy atom.